The van der Waals surface area contributed by atoms with E-state index in [4.69, 9.17) is 27.7 Å². The number of nitrogens with one attached hydrogen (secondary N) is 1. The predicted molar refractivity (Wildman–Crippen MR) is 123 cm³/mol. The van der Waals surface area contributed by atoms with Gasteiger partial charge in [-0.3, -0.25) is 4.79 Å². The normalized spacial score (nSPS) is 13.6. The zero-order valence-corrected chi connectivity index (χ0v) is 18.7. The monoisotopic (exact) mass is 452 g/mol. The third-order valence-corrected chi connectivity index (χ3v) is 5.99. The molecule has 6 heteroatoms. The minimum atomic E-state index is -0.180. The molecule has 1 amide bonds. The van der Waals surface area contributed by atoms with E-state index < -0.39 is 0 Å². The highest BCUT2D eigenvalue weighted by atomic mass is 35.5. The molecule has 4 rings (SSSR count). The Morgan fingerprint density at radius 3 is 2.71 bits per heavy atom. The SMILES string of the molecule is Cc1cc(C(=O)NCc2cc(-c3ccc(Cl)cc3Cl)no2)ccc1C#CC1CCCC1. The number of hydrogen-bond acceptors (Lipinski definition) is 3. The van der Waals surface area contributed by atoms with E-state index in [1.165, 1.54) is 25.7 Å². The molecule has 0 atom stereocenters. The van der Waals surface area contributed by atoms with E-state index in [-0.39, 0.29) is 12.5 Å². The first-order valence-corrected chi connectivity index (χ1v) is 11.1. The van der Waals surface area contributed by atoms with Gasteiger partial charge in [0.15, 0.2) is 5.76 Å². The van der Waals surface area contributed by atoms with Gasteiger partial charge < -0.3 is 9.84 Å². The van der Waals surface area contributed by atoms with Crippen LogP contribution in [-0.2, 0) is 6.54 Å². The van der Waals surface area contributed by atoms with Gasteiger partial charge in [0, 0.05) is 33.7 Å². The van der Waals surface area contributed by atoms with Gasteiger partial charge in [0.05, 0.1) is 11.6 Å². The van der Waals surface area contributed by atoms with Crippen molar-refractivity contribution < 1.29 is 9.32 Å². The lowest BCUT2D eigenvalue weighted by Gasteiger charge is -2.06. The van der Waals surface area contributed by atoms with Gasteiger partial charge in [0.1, 0.15) is 5.69 Å². The first kappa shape index (κ1) is 21.5. The summed E-state index contributed by atoms with van der Waals surface area (Å²) in [6.45, 7) is 2.20. The van der Waals surface area contributed by atoms with Gasteiger partial charge >= 0.3 is 0 Å². The van der Waals surface area contributed by atoms with E-state index in [9.17, 15) is 4.79 Å². The minimum absolute atomic E-state index is 0.180. The number of carbonyl (C=O) groups excluding carboxylic acids is 1. The zero-order chi connectivity index (χ0) is 21.8. The second kappa shape index (κ2) is 9.60. The summed E-state index contributed by atoms with van der Waals surface area (Å²) < 4.78 is 5.34. The number of rotatable bonds is 4. The second-order valence-electron chi connectivity index (χ2n) is 7.77. The standard InChI is InChI=1S/C25H22Cl2N2O2/c1-16-12-19(9-8-18(16)7-6-17-4-2-3-5-17)25(30)28-15-21-14-24(29-31-21)22-11-10-20(26)13-23(22)27/h8-14,17H,2-5,15H2,1H3,(H,28,30). The fourth-order valence-electron chi connectivity index (χ4n) is 3.69. The van der Waals surface area contributed by atoms with Crippen LogP contribution in [0.4, 0.5) is 0 Å². The molecule has 0 radical (unpaired) electrons. The Balaban J connectivity index is 1.39. The van der Waals surface area contributed by atoms with Crippen LogP contribution in [0.3, 0.4) is 0 Å². The van der Waals surface area contributed by atoms with Crippen LogP contribution in [0.15, 0.2) is 47.0 Å². The van der Waals surface area contributed by atoms with Gasteiger partial charge in [-0.05, 0) is 61.7 Å². The first-order chi connectivity index (χ1) is 15.0. The maximum absolute atomic E-state index is 12.6. The molecule has 0 saturated heterocycles. The van der Waals surface area contributed by atoms with E-state index in [2.05, 4.69) is 22.3 Å². The summed E-state index contributed by atoms with van der Waals surface area (Å²) in [5, 5.41) is 7.94. The van der Waals surface area contributed by atoms with Crippen molar-refractivity contribution in [2.75, 3.05) is 0 Å². The van der Waals surface area contributed by atoms with Crippen LogP contribution in [0.2, 0.25) is 10.0 Å². The van der Waals surface area contributed by atoms with E-state index in [0.29, 0.717) is 33.0 Å². The fourth-order valence-corrected chi connectivity index (χ4v) is 4.19. The molecule has 1 aliphatic carbocycles. The van der Waals surface area contributed by atoms with Crippen LogP contribution in [0.1, 0.15) is 52.9 Å². The Bertz CT molecular complexity index is 1170. The number of carbonyl (C=O) groups is 1. The molecule has 1 aliphatic rings. The van der Waals surface area contributed by atoms with E-state index in [0.717, 1.165) is 16.7 Å². The van der Waals surface area contributed by atoms with Gasteiger partial charge in [-0.2, -0.15) is 0 Å². The van der Waals surface area contributed by atoms with Crippen molar-refractivity contribution >= 4 is 29.1 Å². The smallest absolute Gasteiger partial charge is 0.251 e. The molecule has 0 aliphatic heterocycles. The number of aromatic nitrogens is 1. The van der Waals surface area contributed by atoms with Crippen LogP contribution in [0.5, 0.6) is 0 Å². The Kier molecular flexibility index (Phi) is 6.65. The average Bonchev–Trinajstić information content (AvgIpc) is 3.43. The van der Waals surface area contributed by atoms with Crippen molar-refractivity contribution in [3.63, 3.8) is 0 Å². The molecule has 31 heavy (non-hydrogen) atoms. The highest BCUT2D eigenvalue weighted by molar-refractivity contribution is 6.36. The molecule has 1 heterocycles. The number of hydrogen-bond donors (Lipinski definition) is 1. The molecule has 0 spiro atoms. The summed E-state index contributed by atoms with van der Waals surface area (Å²) in [4.78, 5) is 12.6. The highest BCUT2D eigenvalue weighted by Crippen LogP contribution is 2.30. The molecule has 1 N–H and O–H groups in total. The van der Waals surface area contributed by atoms with Crippen molar-refractivity contribution in [3.05, 3.63) is 75.0 Å². The predicted octanol–water partition coefficient (Wildman–Crippen LogP) is 6.43. The number of nitrogens with zero attached hydrogens (tertiary/aromatic N) is 1. The average molecular weight is 453 g/mol. The van der Waals surface area contributed by atoms with Crippen LogP contribution < -0.4 is 5.32 Å². The van der Waals surface area contributed by atoms with Crippen LogP contribution in [-0.4, -0.2) is 11.1 Å². The fraction of sp³-hybridized carbons (Fsp3) is 0.280. The molecular weight excluding hydrogens is 431 g/mol. The molecule has 0 bridgehead atoms. The summed E-state index contributed by atoms with van der Waals surface area (Å²) in [6, 6.07) is 12.5. The Labute approximate surface area is 191 Å². The molecule has 1 saturated carbocycles. The van der Waals surface area contributed by atoms with Gasteiger partial charge in [-0.25, -0.2) is 0 Å². The minimum Gasteiger partial charge on any atom is -0.359 e. The van der Waals surface area contributed by atoms with E-state index >= 15 is 0 Å². The molecule has 158 valence electrons. The molecule has 2 aromatic carbocycles. The molecule has 4 nitrogen and oxygen atoms in total. The topological polar surface area (TPSA) is 55.1 Å². The highest BCUT2D eigenvalue weighted by Gasteiger charge is 2.14. The Hall–Kier alpha value is -2.74. The second-order valence-corrected chi connectivity index (χ2v) is 8.61. The summed E-state index contributed by atoms with van der Waals surface area (Å²) >= 11 is 12.2. The third kappa shape index (κ3) is 5.31. The number of aryl methyl sites for hydroxylation is 1. The molecule has 1 fully saturated rings. The number of halogens is 2. The van der Waals surface area contributed by atoms with Gasteiger partial charge in [0.25, 0.3) is 5.91 Å². The van der Waals surface area contributed by atoms with Gasteiger partial charge in [0.2, 0.25) is 0 Å². The van der Waals surface area contributed by atoms with E-state index in [1.807, 2.05) is 19.1 Å². The maximum Gasteiger partial charge on any atom is 0.251 e. The van der Waals surface area contributed by atoms with E-state index in [1.54, 1.807) is 30.3 Å². The van der Waals surface area contributed by atoms with Crippen LogP contribution in [0.25, 0.3) is 11.3 Å². The Morgan fingerprint density at radius 2 is 1.97 bits per heavy atom. The molecular formula is C25H22Cl2N2O2. The summed E-state index contributed by atoms with van der Waals surface area (Å²) in [6.07, 6.45) is 4.94. The van der Waals surface area contributed by atoms with Crippen LogP contribution >= 0.6 is 23.2 Å². The maximum atomic E-state index is 12.6. The first-order valence-electron chi connectivity index (χ1n) is 10.3. The number of amides is 1. The van der Waals surface area contributed by atoms with Gasteiger partial charge in [-0.1, -0.05) is 53.0 Å². The lowest BCUT2D eigenvalue weighted by molar-refractivity contribution is 0.0947. The summed E-state index contributed by atoms with van der Waals surface area (Å²) in [5.41, 5.74) is 3.87. The largest absolute Gasteiger partial charge is 0.359 e. The van der Waals surface area contributed by atoms with Crippen molar-refractivity contribution in [1.82, 2.24) is 10.5 Å². The lowest BCUT2D eigenvalue weighted by Crippen LogP contribution is -2.22. The van der Waals surface area contributed by atoms with Crippen molar-refractivity contribution in [2.45, 2.75) is 39.2 Å². The summed E-state index contributed by atoms with van der Waals surface area (Å²) in [5.74, 6) is 7.52. The third-order valence-electron chi connectivity index (χ3n) is 5.44. The van der Waals surface area contributed by atoms with Crippen molar-refractivity contribution in [1.29, 1.82) is 0 Å². The van der Waals surface area contributed by atoms with Crippen molar-refractivity contribution in [2.24, 2.45) is 5.92 Å². The lowest BCUT2D eigenvalue weighted by atomic mass is 10.0. The van der Waals surface area contributed by atoms with Crippen molar-refractivity contribution in [3.8, 4) is 23.1 Å². The molecule has 3 aromatic rings. The van der Waals surface area contributed by atoms with Gasteiger partial charge in [-0.15, -0.1) is 0 Å². The Morgan fingerprint density at radius 1 is 1.16 bits per heavy atom. The zero-order valence-electron chi connectivity index (χ0n) is 17.2. The molecule has 0 unspecified atom stereocenters. The quantitative estimate of drug-likeness (QED) is 0.464. The summed E-state index contributed by atoms with van der Waals surface area (Å²) in [7, 11) is 0. The number of benzene rings is 2. The molecule has 1 aromatic heterocycles. The van der Waals surface area contributed by atoms with Crippen LogP contribution in [0, 0.1) is 24.7 Å².